The number of para-hydroxylation sites is 1. The Labute approximate surface area is 215 Å². The molecule has 1 atom stereocenters. The van der Waals surface area contributed by atoms with Crippen LogP contribution in [0.3, 0.4) is 0 Å². The quantitative estimate of drug-likeness (QED) is 0.193. The van der Waals surface area contributed by atoms with E-state index < -0.39 is 22.5 Å². The Morgan fingerprint density at radius 1 is 1.19 bits per heavy atom. The summed E-state index contributed by atoms with van der Waals surface area (Å²) in [5, 5.41) is 11.4. The molecule has 0 N–H and O–H groups in total. The summed E-state index contributed by atoms with van der Waals surface area (Å²) in [5.74, 6) is -0.120. The maximum absolute atomic E-state index is 13.7. The second-order valence-corrected chi connectivity index (χ2v) is 9.26. The first-order valence-corrected chi connectivity index (χ1v) is 12.1. The fourth-order valence-electron chi connectivity index (χ4n) is 4.13. The number of nitrogens with zero attached hydrogens (tertiary/aromatic N) is 3. The molecule has 0 fully saturated rings. The van der Waals surface area contributed by atoms with Crippen molar-refractivity contribution in [2.75, 3.05) is 27.4 Å². The van der Waals surface area contributed by atoms with E-state index in [0.29, 0.717) is 37.5 Å². The van der Waals surface area contributed by atoms with Crippen LogP contribution in [-0.2, 0) is 14.3 Å². The SMILES string of the molecule is COCCOC(=O)C1=C(C)N=c2sc(=Cc3ccc(C)c([N+](=O)[O-])c3)c(=O)n2C1c1ccccc1OC. The largest absolute Gasteiger partial charge is 0.496 e. The van der Waals surface area contributed by atoms with Crippen LogP contribution in [0.1, 0.15) is 29.7 Å². The van der Waals surface area contributed by atoms with Gasteiger partial charge in [-0.3, -0.25) is 19.5 Å². The maximum atomic E-state index is 13.7. The summed E-state index contributed by atoms with van der Waals surface area (Å²) in [6.45, 7) is 3.61. The Hall–Kier alpha value is -4.09. The molecule has 10 nitrogen and oxygen atoms in total. The Morgan fingerprint density at radius 3 is 2.65 bits per heavy atom. The van der Waals surface area contributed by atoms with Gasteiger partial charge in [0, 0.05) is 24.3 Å². The van der Waals surface area contributed by atoms with Gasteiger partial charge in [-0.15, -0.1) is 0 Å². The van der Waals surface area contributed by atoms with E-state index in [2.05, 4.69) is 4.99 Å². The molecule has 1 aliphatic heterocycles. The predicted octanol–water partition coefficient (Wildman–Crippen LogP) is 2.65. The van der Waals surface area contributed by atoms with Crippen LogP contribution in [0, 0.1) is 17.0 Å². The summed E-state index contributed by atoms with van der Waals surface area (Å²) in [5.41, 5.74) is 1.82. The smallest absolute Gasteiger partial charge is 0.338 e. The van der Waals surface area contributed by atoms with Gasteiger partial charge in [-0.2, -0.15) is 0 Å². The zero-order valence-corrected chi connectivity index (χ0v) is 21.5. The monoisotopic (exact) mass is 523 g/mol. The third-order valence-corrected chi connectivity index (χ3v) is 6.91. The summed E-state index contributed by atoms with van der Waals surface area (Å²) in [7, 11) is 3.02. The average Bonchev–Trinajstić information content (AvgIpc) is 3.18. The Morgan fingerprint density at radius 2 is 1.95 bits per heavy atom. The lowest BCUT2D eigenvalue weighted by Gasteiger charge is -2.26. The third-order valence-electron chi connectivity index (χ3n) is 5.92. The van der Waals surface area contributed by atoms with Crippen LogP contribution in [0.2, 0.25) is 0 Å². The van der Waals surface area contributed by atoms with Gasteiger partial charge in [0.05, 0.1) is 34.4 Å². The van der Waals surface area contributed by atoms with E-state index in [9.17, 15) is 19.7 Å². The highest BCUT2D eigenvalue weighted by Crippen LogP contribution is 2.35. The van der Waals surface area contributed by atoms with Crippen molar-refractivity contribution in [3.05, 3.63) is 100 Å². The number of benzene rings is 2. The highest BCUT2D eigenvalue weighted by Gasteiger charge is 2.35. The molecule has 192 valence electrons. The number of rotatable bonds is 8. The van der Waals surface area contributed by atoms with Gasteiger partial charge in [-0.25, -0.2) is 9.79 Å². The number of carbonyl (C=O) groups excluding carboxylic acids is 1. The van der Waals surface area contributed by atoms with Crippen LogP contribution in [0.4, 0.5) is 5.69 Å². The molecule has 2 heterocycles. The fourth-order valence-corrected chi connectivity index (χ4v) is 5.18. The van der Waals surface area contributed by atoms with Crippen molar-refractivity contribution in [1.29, 1.82) is 0 Å². The van der Waals surface area contributed by atoms with Gasteiger partial charge in [0.2, 0.25) is 0 Å². The Balaban J connectivity index is 1.92. The van der Waals surface area contributed by atoms with E-state index in [0.717, 1.165) is 11.3 Å². The summed E-state index contributed by atoms with van der Waals surface area (Å²) in [6.07, 6.45) is 1.59. The molecule has 0 saturated heterocycles. The first-order valence-electron chi connectivity index (χ1n) is 11.3. The molecule has 2 aromatic carbocycles. The standard InChI is InChI=1S/C26H25N3O7S/c1-15-9-10-17(13-19(15)29(32)33)14-21-24(30)28-23(18-7-5-6-8-20(18)35-4)22(16(2)27-26(28)37-21)25(31)36-12-11-34-3/h5-10,13-14,23H,11-12H2,1-4H3. The van der Waals surface area contributed by atoms with Crippen molar-refractivity contribution in [2.24, 2.45) is 4.99 Å². The van der Waals surface area contributed by atoms with Crippen LogP contribution in [0.25, 0.3) is 6.08 Å². The van der Waals surface area contributed by atoms with E-state index in [1.165, 1.54) is 24.9 Å². The van der Waals surface area contributed by atoms with E-state index in [1.54, 1.807) is 56.3 Å². The number of aryl methyl sites for hydroxylation is 1. The molecular formula is C26H25N3O7S. The molecule has 0 radical (unpaired) electrons. The second-order valence-electron chi connectivity index (χ2n) is 8.26. The molecule has 0 bridgehead atoms. The van der Waals surface area contributed by atoms with E-state index in [4.69, 9.17) is 14.2 Å². The zero-order chi connectivity index (χ0) is 26.7. The molecule has 37 heavy (non-hydrogen) atoms. The Bertz CT molecular complexity index is 1590. The van der Waals surface area contributed by atoms with Gasteiger partial charge < -0.3 is 14.2 Å². The number of esters is 1. The summed E-state index contributed by atoms with van der Waals surface area (Å²) >= 11 is 1.14. The van der Waals surface area contributed by atoms with E-state index >= 15 is 0 Å². The number of aromatic nitrogens is 1. The highest BCUT2D eigenvalue weighted by molar-refractivity contribution is 7.07. The summed E-state index contributed by atoms with van der Waals surface area (Å²) in [4.78, 5) is 42.8. The minimum absolute atomic E-state index is 0.0367. The van der Waals surface area contributed by atoms with Crippen LogP contribution in [-0.4, -0.2) is 42.9 Å². The van der Waals surface area contributed by atoms with E-state index in [-0.39, 0.29) is 24.5 Å². The highest BCUT2D eigenvalue weighted by atomic mass is 32.1. The van der Waals surface area contributed by atoms with Gasteiger partial charge in [0.1, 0.15) is 18.4 Å². The van der Waals surface area contributed by atoms with Crippen molar-refractivity contribution >= 4 is 29.1 Å². The summed E-state index contributed by atoms with van der Waals surface area (Å²) < 4.78 is 17.7. The van der Waals surface area contributed by atoms with Crippen molar-refractivity contribution in [2.45, 2.75) is 19.9 Å². The van der Waals surface area contributed by atoms with Crippen LogP contribution < -0.4 is 19.6 Å². The number of hydrogen-bond acceptors (Lipinski definition) is 9. The lowest BCUT2D eigenvalue weighted by molar-refractivity contribution is -0.385. The number of methoxy groups -OCH3 is 2. The lowest BCUT2D eigenvalue weighted by atomic mass is 9.95. The second kappa shape index (κ2) is 10.9. The topological polar surface area (TPSA) is 122 Å². The first kappa shape index (κ1) is 26.0. The van der Waals surface area contributed by atoms with E-state index in [1.807, 2.05) is 0 Å². The molecular weight excluding hydrogens is 498 g/mol. The minimum Gasteiger partial charge on any atom is -0.496 e. The number of fused-ring (bicyclic) bond motifs is 1. The molecule has 0 aliphatic carbocycles. The summed E-state index contributed by atoms with van der Waals surface area (Å²) in [6, 6.07) is 11.0. The maximum Gasteiger partial charge on any atom is 0.338 e. The third kappa shape index (κ3) is 5.09. The number of carbonyl (C=O) groups is 1. The first-order chi connectivity index (χ1) is 17.8. The van der Waals surface area contributed by atoms with Crippen LogP contribution in [0.15, 0.2) is 63.5 Å². The Kier molecular flexibility index (Phi) is 7.65. The molecule has 0 saturated carbocycles. The molecule has 0 spiro atoms. The molecule has 11 heteroatoms. The minimum atomic E-state index is -0.850. The number of nitro benzene ring substituents is 1. The fraction of sp³-hybridized carbons (Fsp3) is 0.269. The molecule has 0 amide bonds. The van der Waals surface area contributed by atoms with Crippen molar-refractivity contribution < 1.29 is 23.9 Å². The van der Waals surface area contributed by atoms with Crippen molar-refractivity contribution in [3.8, 4) is 5.75 Å². The number of thiazole rings is 1. The van der Waals surface area contributed by atoms with Crippen molar-refractivity contribution in [1.82, 2.24) is 4.57 Å². The van der Waals surface area contributed by atoms with Gasteiger partial charge in [-0.1, -0.05) is 41.7 Å². The van der Waals surface area contributed by atoms with Gasteiger partial charge >= 0.3 is 5.97 Å². The average molecular weight is 524 g/mol. The molecule has 3 aromatic rings. The molecule has 1 unspecified atom stereocenters. The predicted molar refractivity (Wildman–Crippen MR) is 137 cm³/mol. The molecule has 1 aromatic heterocycles. The van der Waals surface area contributed by atoms with Crippen LogP contribution in [0.5, 0.6) is 5.75 Å². The lowest BCUT2D eigenvalue weighted by Crippen LogP contribution is -2.40. The van der Waals surface area contributed by atoms with Crippen LogP contribution >= 0.6 is 11.3 Å². The number of allylic oxidation sites excluding steroid dienone is 1. The molecule has 4 rings (SSSR count). The normalized spacial score (nSPS) is 15.2. The van der Waals surface area contributed by atoms with Gasteiger partial charge in [-0.05, 0) is 31.6 Å². The number of nitro groups is 1. The van der Waals surface area contributed by atoms with Gasteiger partial charge in [0.25, 0.3) is 11.2 Å². The number of ether oxygens (including phenoxy) is 3. The molecule has 1 aliphatic rings. The van der Waals surface area contributed by atoms with Gasteiger partial charge in [0.15, 0.2) is 4.80 Å². The zero-order valence-electron chi connectivity index (χ0n) is 20.7. The number of hydrogen-bond donors (Lipinski definition) is 0. The van der Waals surface area contributed by atoms with Crippen molar-refractivity contribution in [3.63, 3.8) is 0 Å².